The van der Waals surface area contributed by atoms with Crippen LogP contribution >= 0.6 is 0 Å². The van der Waals surface area contributed by atoms with Gasteiger partial charge in [-0.15, -0.1) is 0 Å². The Bertz CT molecular complexity index is 3230. The molecule has 11 rings (SSSR count). The first-order valence-corrected chi connectivity index (χ1v) is 19.7. The van der Waals surface area contributed by atoms with Gasteiger partial charge in [0.15, 0.2) is 5.58 Å². The second-order valence-electron chi connectivity index (χ2n) is 14.8. The Morgan fingerprint density at radius 3 is 1.28 bits per heavy atom. The highest BCUT2D eigenvalue weighted by atomic mass is 16.3. The molecular weight excluding hydrogens is 705 g/mol. The topological polar surface area (TPSA) is 29.3 Å². The number of rotatable bonds is 7. The van der Waals surface area contributed by atoms with Gasteiger partial charge in [0.2, 0.25) is 5.89 Å². The van der Waals surface area contributed by atoms with Crippen molar-refractivity contribution in [2.45, 2.75) is 0 Å². The van der Waals surface area contributed by atoms with Gasteiger partial charge < -0.3 is 9.32 Å². The van der Waals surface area contributed by atoms with E-state index >= 15 is 0 Å². The average molecular weight is 741 g/mol. The van der Waals surface area contributed by atoms with Crippen LogP contribution in [-0.4, -0.2) is 4.98 Å². The number of oxazole rings is 1. The molecule has 272 valence electrons. The minimum absolute atomic E-state index is 0.631. The maximum atomic E-state index is 6.59. The van der Waals surface area contributed by atoms with Crippen LogP contribution in [0.1, 0.15) is 0 Å². The molecule has 0 fully saturated rings. The summed E-state index contributed by atoms with van der Waals surface area (Å²) in [4.78, 5) is 7.27. The number of nitrogens with zero attached hydrogens (tertiary/aromatic N) is 2. The molecule has 0 saturated heterocycles. The van der Waals surface area contributed by atoms with Crippen molar-refractivity contribution in [2.24, 2.45) is 0 Å². The molecule has 0 atom stereocenters. The molecule has 1 aromatic heterocycles. The number of benzene rings is 10. The molecule has 0 aliphatic rings. The first-order valence-electron chi connectivity index (χ1n) is 19.7. The van der Waals surface area contributed by atoms with Gasteiger partial charge in [0, 0.05) is 33.4 Å². The van der Waals surface area contributed by atoms with Gasteiger partial charge in [-0.25, -0.2) is 4.98 Å². The fraction of sp³-hybridized carbons (Fsp3) is 0. The number of fused-ring (bicyclic) bond motifs is 7. The van der Waals surface area contributed by atoms with Crippen molar-refractivity contribution >= 4 is 60.5 Å². The predicted octanol–water partition coefficient (Wildman–Crippen LogP) is 15.4. The highest BCUT2D eigenvalue weighted by molar-refractivity contribution is 6.26. The van der Waals surface area contributed by atoms with Crippen molar-refractivity contribution in [2.75, 3.05) is 4.90 Å². The summed E-state index contributed by atoms with van der Waals surface area (Å²) in [5.74, 6) is 0.631. The van der Waals surface area contributed by atoms with E-state index in [2.05, 4.69) is 193 Å². The van der Waals surface area contributed by atoms with Crippen molar-refractivity contribution < 1.29 is 4.42 Å². The molecule has 58 heavy (non-hydrogen) atoms. The van der Waals surface area contributed by atoms with Gasteiger partial charge in [0.05, 0.1) is 0 Å². The third-order valence-corrected chi connectivity index (χ3v) is 11.3. The average Bonchev–Trinajstić information content (AvgIpc) is 3.75. The number of hydrogen-bond acceptors (Lipinski definition) is 3. The van der Waals surface area contributed by atoms with Crippen LogP contribution in [0.5, 0.6) is 0 Å². The maximum absolute atomic E-state index is 6.59. The largest absolute Gasteiger partial charge is 0.435 e. The van der Waals surface area contributed by atoms with E-state index in [0.717, 1.165) is 49.9 Å². The predicted molar refractivity (Wildman–Crippen MR) is 243 cm³/mol. The standard InChI is InChI=1S/C55H36N2O/c1-4-10-37(11-5-1)39-16-18-40(19-17-39)42-26-31-48(32-27-42)57(47-29-24-41(25-30-47)38-12-6-2-7-13-38)49-33-34-50-46(36-49)23-22-43-20-21-44-28-35-51-54(53(44)52(43)50)58-55(56-51)45-14-8-3-9-15-45/h1-36H. The highest BCUT2D eigenvalue weighted by Gasteiger charge is 2.18. The summed E-state index contributed by atoms with van der Waals surface area (Å²) < 4.78 is 6.59. The minimum atomic E-state index is 0.631. The Kier molecular flexibility index (Phi) is 8.15. The van der Waals surface area contributed by atoms with Gasteiger partial charge in [0.1, 0.15) is 5.52 Å². The van der Waals surface area contributed by atoms with Crippen LogP contribution in [0.2, 0.25) is 0 Å². The molecule has 10 aromatic carbocycles. The molecule has 0 unspecified atom stereocenters. The van der Waals surface area contributed by atoms with E-state index in [1.165, 1.54) is 49.5 Å². The normalized spacial score (nSPS) is 11.4. The van der Waals surface area contributed by atoms with Gasteiger partial charge >= 0.3 is 0 Å². The summed E-state index contributed by atoms with van der Waals surface area (Å²) in [5.41, 5.74) is 13.1. The summed E-state index contributed by atoms with van der Waals surface area (Å²) in [7, 11) is 0. The van der Waals surface area contributed by atoms with Crippen LogP contribution in [0.4, 0.5) is 17.1 Å². The van der Waals surface area contributed by atoms with E-state index in [-0.39, 0.29) is 0 Å². The van der Waals surface area contributed by atoms with Gasteiger partial charge in [-0.2, -0.15) is 0 Å². The van der Waals surface area contributed by atoms with Crippen LogP contribution in [0.15, 0.2) is 223 Å². The molecule has 0 radical (unpaired) electrons. The Balaban J connectivity index is 1.03. The third kappa shape index (κ3) is 5.98. The molecule has 3 nitrogen and oxygen atoms in total. The Morgan fingerprint density at radius 2 is 0.741 bits per heavy atom. The zero-order valence-electron chi connectivity index (χ0n) is 31.6. The van der Waals surface area contributed by atoms with E-state index in [9.17, 15) is 0 Å². The zero-order valence-corrected chi connectivity index (χ0v) is 31.6. The fourth-order valence-electron chi connectivity index (χ4n) is 8.35. The van der Waals surface area contributed by atoms with Crippen LogP contribution in [0.3, 0.4) is 0 Å². The van der Waals surface area contributed by atoms with Crippen LogP contribution < -0.4 is 4.90 Å². The van der Waals surface area contributed by atoms with Crippen molar-refractivity contribution in [3.63, 3.8) is 0 Å². The molecular formula is C55H36N2O. The van der Waals surface area contributed by atoms with Crippen LogP contribution in [0, 0.1) is 0 Å². The lowest BCUT2D eigenvalue weighted by molar-refractivity contribution is 0.623. The second kappa shape index (κ2) is 14.1. The van der Waals surface area contributed by atoms with Crippen LogP contribution in [0.25, 0.3) is 88.3 Å². The lowest BCUT2D eigenvalue weighted by Gasteiger charge is -2.26. The Labute approximate surface area is 336 Å². The molecule has 0 spiro atoms. The van der Waals surface area contributed by atoms with E-state index in [1.54, 1.807) is 0 Å². The number of anilines is 3. The molecule has 3 heteroatoms. The summed E-state index contributed by atoms with van der Waals surface area (Å²) in [5, 5.41) is 6.87. The van der Waals surface area contributed by atoms with Crippen molar-refractivity contribution in [3.05, 3.63) is 218 Å². The SMILES string of the molecule is c1ccc(-c2ccc(-c3ccc(N(c4ccc(-c5ccccc5)cc4)c4ccc5c(ccc6ccc7ccc8nc(-c9ccccc9)oc8c7c65)c4)cc3)cc2)cc1. The van der Waals surface area contributed by atoms with E-state index < -0.39 is 0 Å². The van der Waals surface area contributed by atoms with Gasteiger partial charge in [-0.1, -0.05) is 164 Å². The van der Waals surface area contributed by atoms with E-state index in [0.29, 0.717) is 5.89 Å². The van der Waals surface area contributed by atoms with Crippen LogP contribution in [-0.2, 0) is 0 Å². The van der Waals surface area contributed by atoms with E-state index in [1.807, 2.05) is 30.3 Å². The minimum Gasteiger partial charge on any atom is -0.435 e. The summed E-state index contributed by atoms with van der Waals surface area (Å²) in [6.45, 7) is 0. The van der Waals surface area contributed by atoms with Crippen molar-refractivity contribution in [3.8, 4) is 44.8 Å². The number of hydrogen-bond donors (Lipinski definition) is 0. The molecule has 11 aromatic rings. The van der Waals surface area contributed by atoms with Gasteiger partial charge in [0.25, 0.3) is 0 Å². The summed E-state index contributed by atoms with van der Waals surface area (Å²) in [6, 6.07) is 77.7. The molecule has 0 saturated carbocycles. The van der Waals surface area contributed by atoms with Gasteiger partial charge in [-0.05, 0) is 110 Å². The Morgan fingerprint density at radius 1 is 0.328 bits per heavy atom. The first kappa shape index (κ1) is 33.6. The smallest absolute Gasteiger partial charge is 0.227 e. The Hall–Kier alpha value is -7.75. The molecule has 0 aliphatic carbocycles. The van der Waals surface area contributed by atoms with Gasteiger partial charge in [-0.3, -0.25) is 0 Å². The first-order chi connectivity index (χ1) is 28.7. The van der Waals surface area contributed by atoms with E-state index in [4.69, 9.17) is 9.40 Å². The third-order valence-electron chi connectivity index (χ3n) is 11.3. The lowest BCUT2D eigenvalue weighted by Crippen LogP contribution is -2.09. The fourth-order valence-corrected chi connectivity index (χ4v) is 8.35. The number of aromatic nitrogens is 1. The summed E-state index contributed by atoms with van der Waals surface area (Å²) in [6.07, 6.45) is 0. The molecule has 0 aliphatic heterocycles. The lowest BCUT2D eigenvalue weighted by atomic mass is 9.95. The second-order valence-corrected chi connectivity index (χ2v) is 14.8. The van der Waals surface area contributed by atoms with Crippen molar-refractivity contribution in [1.29, 1.82) is 0 Å². The molecule has 0 N–H and O–H groups in total. The monoisotopic (exact) mass is 740 g/mol. The van der Waals surface area contributed by atoms with Crippen molar-refractivity contribution in [1.82, 2.24) is 4.98 Å². The summed E-state index contributed by atoms with van der Waals surface area (Å²) >= 11 is 0. The molecule has 0 bridgehead atoms. The zero-order chi connectivity index (χ0) is 38.4. The highest BCUT2D eigenvalue weighted by Crippen LogP contribution is 2.42. The quantitative estimate of drug-likeness (QED) is 0.152. The maximum Gasteiger partial charge on any atom is 0.227 e. The molecule has 0 amide bonds. The molecule has 1 heterocycles.